The Morgan fingerprint density at radius 1 is 1.27 bits per heavy atom. The van der Waals surface area contributed by atoms with Crippen molar-refractivity contribution in [3.8, 4) is 0 Å². The molecule has 26 heavy (non-hydrogen) atoms. The van der Waals surface area contributed by atoms with Crippen LogP contribution in [0.5, 0.6) is 0 Å². The number of nitrogens with zero attached hydrogens (tertiary/aromatic N) is 2. The van der Waals surface area contributed by atoms with Gasteiger partial charge in [-0.2, -0.15) is 0 Å². The number of carbonyl (C=O) groups excluding carboxylic acids is 1. The molecule has 0 bridgehead atoms. The van der Waals surface area contributed by atoms with Crippen molar-refractivity contribution in [1.29, 1.82) is 0 Å². The largest absolute Gasteiger partial charge is 0.346 e. The van der Waals surface area contributed by atoms with Gasteiger partial charge in [-0.1, -0.05) is 18.9 Å². The van der Waals surface area contributed by atoms with Crippen LogP contribution in [-0.2, 0) is 11.3 Å². The molecule has 2 aliphatic rings. The summed E-state index contributed by atoms with van der Waals surface area (Å²) in [5.41, 5.74) is 2.07. The van der Waals surface area contributed by atoms with Crippen LogP contribution in [0.15, 0.2) is 30.5 Å². The highest BCUT2D eigenvalue weighted by molar-refractivity contribution is 5.97. The lowest BCUT2D eigenvalue weighted by Gasteiger charge is -2.24. The van der Waals surface area contributed by atoms with Crippen LogP contribution in [0.1, 0.15) is 32.1 Å². The number of anilines is 1. The van der Waals surface area contributed by atoms with Gasteiger partial charge in [0.15, 0.2) is 0 Å². The summed E-state index contributed by atoms with van der Waals surface area (Å²) in [6.45, 7) is 1.94. The molecule has 1 aliphatic heterocycles. The molecular weight excluding hydrogens is 324 g/mol. The van der Waals surface area contributed by atoms with Crippen molar-refractivity contribution in [2.75, 3.05) is 26.0 Å². The molecule has 2 fully saturated rings. The minimum atomic E-state index is -0.0423. The first-order valence-electron chi connectivity index (χ1n) is 9.91. The van der Waals surface area contributed by atoms with Gasteiger partial charge in [-0.25, -0.2) is 0 Å². The molecule has 4 rings (SSSR count). The van der Waals surface area contributed by atoms with Crippen molar-refractivity contribution in [3.63, 3.8) is 0 Å². The van der Waals surface area contributed by atoms with Crippen LogP contribution >= 0.6 is 0 Å². The average Bonchev–Trinajstić information content (AvgIpc) is 3.23. The van der Waals surface area contributed by atoms with Crippen molar-refractivity contribution in [2.24, 2.45) is 5.92 Å². The maximum absolute atomic E-state index is 12.7. The molecule has 1 saturated heterocycles. The van der Waals surface area contributed by atoms with Crippen molar-refractivity contribution in [1.82, 2.24) is 14.8 Å². The number of benzene rings is 1. The van der Waals surface area contributed by atoms with Gasteiger partial charge in [-0.3, -0.25) is 4.79 Å². The van der Waals surface area contributed by atoms with Gasteiger partial charge in [-0.05, 0) is 62.9 Å². The van der Waals surface area contributed by atoms with Gasteiger partial charge >= 0.3 is 0 Å². The van der Waals surface area contributed by atoms with Gasteiger partial charge in [0.05, 0.1) is 11.6 Å². The molecule has 0 spiro atoms. The Balaban J connectivity index is 1.45. The summed E-state index contributed by atoms with van der Waals surface area (Å²) in [7, 11) is 4.17. The second-order valence-electron chi connectivity index (χ2n) is 8.18. The average molecular weight is 354 g/mol. The SMILES string of the molecule is CN(C)CCn1ccc2ccc(NC(=O)C3CC4CCCCC4N3)cc21. The van der Waals surface area contributed by atoms with Gasteiger partial charge in [0.25, 0.3) is 0 Å². The lowest BCUT2D eigenvalue weighted by molar-refractivity contribution is -0.117. The van der Waals surface area contributed by atoms with Crippen molar-refractivity contribution >= 4 is 22.5 Å². The highest BCUT2D eigenvalue weighted by Gasteiger charge is 2.38. The molecule has 0 radical (unpaired) electrons. The van der Waals surface area contributed by atoms with E-state index in [9.17, 15) is 4.79 Å². The van der Waals surface area contributed by atoms with Crippen LogP contribution < -0.4 is 10.6 Å². The minimum Gasteiger partial charge on any atom is -0.346 e. The summed E-state index contributed by atoms with van der Waals surface area (Å²) in [5.74, 6) is 0.801. The van der Waals surface area contributed by atoms with E-state index in [2.05, 4.69) is 58.6 Å². The van der Waals surface area contributed by atoms with Crippen molar-refractivity contribution in [2.45, 2.75) is 50.7 Å². The predicted octanol–water partition coefficient (Wildman–Crippen LogP) is 3.06. The van der Waals surface area contributed by atoms with Gasteiger partial charge in [-0.15, -0.1) is 0 Å². The third-order valence-electron chi connectivity index (χ3n) is 6.01. The maximum atomic E-state index is 12.7. The number of amides is 1. The molecule has 1 aromatic heterocycles. The Hall–Kier alpha value is -1.85. The van der Waals surface area contributed by atoms with Crippen LogP contribution in [0.2, 0.25) is 0 Å². The van der Waals surface area contributed by atoms with E-state index < -0.39 is 0 Å². The molecule has 2 aromatic rings. The smallest absolute Gasteiger partial charge is 0.241 e. The molecule has 2 N–H and O–H groups in total. The second-order valence-corrected chi connectivity index (χ2v) is 8.18. The lowest BCUT2D eigenvalue weighted by atomic mass is 9.85. The summed E-state index contributed by atoms with van der Waals surface area (Å²) >= 11 is 0. The number of carbonyl (C=O) groups is 1. The molecule has 1 aromatic carbocycles. The highest BCUT2D eigenvalue weighted by atomic mass is 16.2. The number of hydrogen-bond acceptors (Lipinski definition) is 3. The van der Waals surface area contributed by atoms with Crippen LogP contribution in [0.3, 0.4) is 0 Å². The molecule has 5 heteroatoms. The Labute approximate surface area is 155 Å². The van der Waals surface area contributed by atoms with E-state index >= 15 is 0 Å². The standard InChI is InChI=1S/C21H30N4O/c1-24(2)11-12-25-10-9-15-7-8-17(14-20(15)25)22-21(26)19-13-16-5-3-4-6-18(16)23-19/h7-10,14,16,18-19,23H,3-6,11-13H2,1-2H3,(H,22,26). The number of nitrogens with one attached hydrogen (secondary N) is 2. The number of likely N-dealkylation sites (N-methyl/N-ethyl adjacent to an activating group) is 1. The monoisotopic (exact) mass is 354 g/mol. The second kappa shape index (κ2) is 7.41. The fourth-order valence-electron chi connectivity index (χ4n) is 4.51. The molecule has 2 heterocycles. The van der Waals surface area contributed by atoms with E-state index in [1.54, 1.807) is 0 Å². The van der Waals surface area contributed by atoms with Crippen molar-refractivity contribution < 1.29 is 4.79 Å². The normalized spacial score (nSPS) is 25.6. The Morgan fingerprint density at radius 2 is 2.12 bits per heavy atom. The summed E-state index contributed by atoms with van der Waals surface area (Å²) in [6.07, 6.45) is 8.22. The van der Waals surface area contributed by atoms with E-state index in [1.165, 1.54) is 36.6 Å². The Bertz CT molecular complexity index is 767. The Morgan fingerprint density at radius 3 is 2.92 bits per heavy atom. The number of aromatic nitrogens is 1. The summed E-state index contributed by atoms with van der Waals surface area (Å²) in [6, 6.07) is 8.85. The quantitative estimate of drug-likeness (QED) is 0.868. The minimum absolute atomic E-state index is 0.0423. The first-order valence-corrected chi connectivity index (χ1v) is 9.91. The maximum Gasteiger partial charge on any atom is 0.241 e. The zero-order valence-electron chi connectivity index (χ0n) is 15.9. The molecule has 1 saturated carbocycles. The fraction of sp³-hybridized carbons (Fsp3) is 0.571. The number of hydrogen-bond donors (Lipinski definition) is 2. The number of rotatable bonds is 5. The van der Waals surface area contributed by atoms with Gasteiger partial charge < -0.3 is 20.1 Å². The molecule has 140 valence electrons. The van der Waals surface area contributed by atoms with Crippen LogP contribution in [0, 0.1) is 5.92 Å². The van der Waals surface area contributed by atoms with Crippen LogP contribution in [0.25, 0.3) is 10.9 Å². The molecule has 5 nitrogen and oxygen atoms in total. The van der Waals surface area contributed by atoms with Crippen LogP contribution in [-0.4, -0.2) is 48.1 Å². The number of fused-ring (bicyclic) bond motifs is 2. The highest BCUT2D eigenvalue weighted by Crippen LogP contribution is 2.33. The van der Waals surface area contributed by atoms with E-state index in [4.69, 9.17) is 0 Å². The zero-order chi connectivity index (χ0) is 18.1. The van der Waals surface area contributed by atoms with E-state index in [1.807, 2.05) is 6.07 Å². The zero-order valence-corrected chi connectivity index (χ0v) is 15.9. The molecule has 1 amide bonds. The lowest BCUT2D eigenvalue weighted by Crippen LogP contribution is -2.39. The topological polar surface area (TPSA) is 49.3 Å². The predicted molar refractivity (Wildman–Crippen MR) is 106 cm³/mol. The van der Waals surface area contributed by atoms with E-state index in [0.717, 1.165) is 25.2 Å². The Kier molecular flexibility index (Phi) is 5.00. The third-order valence-corrected chi connectivity index (χ3v) is 6.01. The van der Waals surface area contributed by atoms with E-state index in [-0.39, 0.29) is 11.9 Å². The first-order chi connectivity index (χ1) is 12.6. The molecule has 1 aliphatic carbocycles. The first kappa shape index (κ1) is 17.6. The molecule has 3 atom stereocenters. The molecular formula is C21H30N4O. The molecule has 3 unspecified atom stereocenters. The fourth-order valence-corrected chi connectivity index (χ4v) is 4.51. The van der Waals surface area contributed by atoms with Gasteiger partial charge in [0.2, 0.25) is 5.91 Å². The summed E-state index contributed by atoms with van der Waals surface area (Å²) in [4.78, 5) is 14.9. The van der Waals surface area contributed by atoms with Gasteiger partial charge in [0.1, 0.15) is 0 Å². The summed E-state index contributed by atoms with van der Waals surface area (Å²) in [5, 5.41) is 7.92. The van der Waals surface area contributed by atoms with Gasteiger partial charge in [0, 0.05) is 31.0 Å². The van der Waals surface area contributed by atoms with E-state index in [0.29, 0.717) is 12.0 Å². The summed E-state index contributed by atoms with van der Waals surface area (Å²) < 4.78 is 2.26. The van der Waals surface area contributed by atoms with Crippen molar-refractivity contribution in [3.05, 3.63) is 30.5 Å². The third kappa shape index (κ3) is 3.64. The van der Waals surface area contributed by atoms with Crippen LogP contribution in [0.4, 0.5) is 5.69 Å².